The van der Waals surface area contributed by atoms with Crippen molar-refractivity contribution < 1.29 is 47.7 Å². The van der Waals surface area contributed by atoms with Crippen molar-refractivity contribution in [3.63, 3.8) is 0 Å². The summed E-state index contributed by atoms with van der Waals surface area (Å²) in [6.45, 7) is 16.1. The van der Waals surface area contributed by atoms with E-state index in [1.54, 1.807) is 6.92 Å². The van der Waals surface area contributed by atoms with Gasteiger partial charge < -0.3 is 29.6 Å². The number of ether oxygens (including phenoxy) is 4. The third-order valence-electron chi connectivity index (χ3n) is 6.87. The van der Waals surface area contributed by atoms with E-state index in [0.717, 1.165) is 36.4 Å². The minimum absolute atomic E-state index is 0.0134. The molecule has 0 spiro atoms. The summed E-state index contributed by atoms with van der Waals surface area (Å²) in [5, 5.41) is 7.98. The second-order valence-electron chi connectivity index (χ2n) is 11.1. The zero-order valence-corrected chi connectivity index (χ0v) is 30.0. The van der Waals surface area contributed by atoms with E-state index in [9.17, 15) is 28.8 Å². The fourth-order valence-electron chi connectivity index (χ4n) is 4.33. The van der Waals surface area contributed by atoms with E-state index in [4.69, 9.17) is 18.9 Å². The highest BCUT2D eigenvalue weighted by atomic mass is 32.2. The summed E-state index contributed by atoms with van der Waals surface area (Å²) >= 11 is 2.13. The first-order valence-electron chi connectivity index (χ1n) is 15.8. The number of unbranched alkanes of at least 4 members (excludes halogenated alkanes) is 2. The number of aryl methyl sites for hydroxylation is 1. The second kappa shape index (κ2) is 18.4. The fraction of sp³-hybridized carbons (Fsp3) is 0.455. The molecule has 0 aliphatic carbocycles. The van der Waals surface area contributed by atoms with Crippen molar-refractivity contribution in [2.75, 3.05) is 39.4 Å². The Balaban J connectivity index is 1.90. The number of nitrogens with one attached hydrogen (secondary N) is 2. The van der Waals surface area contributed by atoms with Gasteiger partial charge in [0.05, 0.1) is 27.1 Å². The molecule has 0 unspecified atom stereocenters. The Bertz CT molecular complexity index is 1530. The molecular formula is C33H42N4O10S2. The number of amides is 4. The molecule has 1 fully saturated rings. The van der Waals surface area contributed by atoms with Crippen LogP contribution in [0.1, 0.15) is 58.9 Å². The van der Waals surface area contributed by atoms with Crippen molar-refractivity contribution in [3.8, 4) is 11.5 Å². The van der Waals surface area contributed by atoms with Gasteiger partial charge >= 0.3 is 24.1 Å². The molecule has 0 aromatic heterocycles. The van der Waals surface area contributed by atoms with Crippen LogP contribution in [-0.2, 0) is 28.7 Å². The van der Waals surface area contributed by atoms with Crippen molar-refractivity contribution in [2.45, 2.75) is 70.1 Å². The molecule has 266 valence electrons. The SMILES string of the molecule is C=C(C)C(=O)OCCNC(=O)Oc1cc(C)c(OC(=O)NCCOC(=O)C(=C)C)c2c1SC(=C1C(=O)N(CCCC)N(CCCC)C1=O)S2. The topological polar surface area (TPSA) is 170 Å². The Morgan fingerprint density at radius 1 is 0.776 bits per heavy atom. The number of esters is 2. The summed E-state index contributed by atoms with van der Waals surface area (Å²) in [6, 6.07) is 1.50. The molecule has 16 heteroatoms. The van der Waals surface area contributed by atoms with Crippen LogP contribution in [0.5, 0.6) is 11.5 Å². The van der Waals surface area contributed by atoms with E-state index in [2.05, 4.69) is 23.8 Å². The molecule has 2 aliphatic heterocycles. The average molecular weight is 719 g/mol. The highest BCUT2D eigenvalue weighted by Gasteiger charge is 2.45. The second-order valence-corrected chi connectivity index (χ2v) is 13.4. The molecule has 3 rings (SSSR count). The molecule has 2 aliphatic rings. The van der Waals surface area contributed by atoms with E-state index < -0.39 is 35.9 Å². The van der Waals surface area contributed by atoms with Crippen LogP contribution in [0.25, 0.3) is 0 Å². The van der Waals surface area contributed by atoms with E-state index in [-0.39, 0.29) is 54.5 Å². The van der Waals surface area contributed by atoms with Crippen LogP contribution in [-0.4, -0.2) is 85.4 Å². The maximum Gasteiger partial charge on any atom is 0.412 e. The maximum atomic E-state index is 13.7. The standard InChI is InChI=1S/C33H42N4O10S2/c1-8-10-14-36-27(38)23(28(39)37(36)15-11-9-2)31-48-25-22(46-32(42)34-12-16-44-29(40)19(3)4)18-21(7)24(26(25)49-31)47-33(43)35-13-17-45-30(41)20(5)6/h18H,3,5,8-17H2,1-2,4,6-7H3,(H,34,42)(H,35,43). The quantitative estimate of drug-likeness (QED) is 0.102. The molecule has 2 heterocycles. The van der Waals surface area contributed by atoms with E-state index in [0.29, 0.717) is 45.5 Å². The van der Waals surface area contributed by atoms with Crippen molar-refractivity contribution >= 4 is 59.5 Å². The molecule has 1 aromatic carbocycles. The van der Waals surface area contributed by atoms with Crippen LogP contribution in [0.3, 0.4) is 0 Å². The van der Waals surface area contributed by atoms with Gasteiger partial charge in [-0.15, -0.1) is 0 Å². The Labute approximate surface area is 293 Å². The number of carbonyl (C=O) groups is 6. The minimum atomic E-state index is -0.847. The monoisotopic (exact) mass is 718 g/mol. The molecule has 2 N–H and O–H groups in total. The van der Waals surface area contributed by atoms with Gasteiger partial charge in [0.25, 0.3) is 11.8 Å². The Morgan fingerprint density at radius 3 is 1.71 bits per heavy atom. The summed E-state index contributed by atoms with van der Waals surface area (Å²) < 4.78 is 21.6. The van der Waals surface area contributed by atoms with Crippen molar-refractivity contribution in [1.29, 1.82) is 0 Å². The molecule has 0 radical (unpaired) electrons. The number of thioether (sulfide) groups is 2. The third kappa shape index (κ3) is 10.3. The zero-order chi connectivity index (χ0) is 36.2. The highest BCUT2D eigenvalue weighted by molar-refractivity contribution is 8.25. The third-order valence-corrected chi connectivity index (χ3v) is 9.49. The van der Waals surface area contributed by atoms with Crippen LogP contribution in [0.15, 0.2) is 50.0 Å². The molecule has 0 saturated carbocycles. The molecule has 49 heavy (non-hydrogen) atoms. The van der Waals surface area contributed by atoms with Crippen molar-refractivity contribution in [3.05, 3.63) is 45.7 Å². The largest absolute Gasteiger partial charge is 0.460 e. The summed E-state index contributed by atoms with van der Waals surface area (Å²) in [4.78, 5) is 76.9. The molecular weight excluding hydrogens is 677 g/mol. The van der Waals surface area contributed by atoms with E-state index in [1.165, 1.54) is 29.9 Å². The molecule has 1 aromatic rings. The number of rotatable bonds is 16. The van der Waals surface area contributed by atoms with E-state index >= 15 is 0 Å². The van der Waals surface area contributed by atoms with Crippen LogP contribution >= 0.6 is 23.5 Å². The van der Waals surface area contributed by atoms with Crippen molar-refractivity contribution in [1.82, 2.24) is 20.7 Å². The zero-order valence-electron chi connectivity index (χ0n) is 28.4. The summed E-state index contributed by atoms with van der Waals surface area (Å²) in [5.41, 5.74) is 0.840. The normalized spacial score (nSPS) is 13.7. The van der Waals surface area contributed by atoms with Gasteiger partial charge in [0, 0.05) is 24.2 Å². The fourth-order valence-corrected chi connectivity index (χ4v) is 7.05. The van der Waals surface area contributed by atoms with Crippen molar-refractivity contribution in [2.24, 2.45) is 0 Å². The number of benzene rings is 1. The first-order chi connectivity index (χ1) is 23.3. The van der Waals surface area contributed by atoms with Gasteiger partial charge in [-0.1, -0.05) is 63.4 Å². The van der Waals surface area contributed by atoms with Gasteiger partial charge in [-0.25, -0.2) is 29.2 Å². The first kappa shape index (κ1) is 39.0. The first-order valence-corrected chi connectivity index (χ1v) is 17.4. The van der Waals surface area contributed by atoms with Gasteiger partial charge in [-0.05, 0) is 45.2 Å². The van der Waals surface area contributed by atoms with Gasteiger partial charge in [-0.3, -0.25) is 9.59 Å². The number of hydrogen-bond acceptors (Lipinski definition) is 12. The van der Waals surface area contributed by atoms with Crippen LogP contribution in [0.4, 0.5) is 9.59 Å². The molecule has 14 nitrogen and oxygen atoms in total. The predicted octanol–water partition coefficient (Wildman–Crippen LogP) is 5.01. The summed E-state index contributed by atoms with van der Waals surface area (Å²) in [7, 11) is 0. The smallest absolute Gasteiger partial charge is 0.412 e. The molecule has 0 atom stereocenters. The lowest BCUT2D eigenvalue weighted by atomic mass is 10.2. The van der Waals surface area contributed by atoms with Gasteiger partial charge in [0.15, 0.2) is 5.75 Å². The molecule has 4 amide bonds. The molecule has 1 saturated heterocycles. The lowest BCUT2D eigenvalue weighted by molar-refractivity contribution is -0.147. The van der Waals surface area contributed by atoms with Gasteiger partial charge in [0.1, 0.15) is 24.5 Å². The van der Waals surface area contributed by atoms with Gasteiger partial charge in [-0.2, -0.15) is 0 Å². The average Bonchev–Trinajstić information content (AvgIpc) is 3.58. The number of hydrazine groups is 1. The Kier molecular flexibility index (Phi) is 14.6. The van der Waals surface area contributed by atoms with Crippen LogP contribution in [0.2, 0.25) is 0 Å². The predicted molar refractivity (Wildman–Crippen MR) is 183 cm³/mol. The maximum absolute atomic E-state index is 13.7. The lowest BCUT2D eigenvalue weighted by Gasteiger charge is -2.27. The van der Waals surface area contributed by atoms with Crippen LogP contribution < -0.4 is 20.1 Å². The number of nitrogens with zero attached hydrogens (tertiary/aromatic N) is 2. The summed E-state index contributed by atoms with van der Waals surface area (Å²) in [5.74, 6) is -1.82. The lowest BCUT2D eigenvalue weighted by Crippen LogP contribution is -2.42. The highest BCUT2D eigenvalue weighted by Crippen LogP contribution is 2.60. The van der Waals surface area contributed by atoms with E-state index in [1.807, 2.05) is 13.8 Å². The van der Waals surface area contributed by atoms with Gasteiger partial charge in [0.2, 0.25) is 0 Å². The number of fused-ring (bicyclic) bond motifs is 1. The number of carbonyl (C=O) groups excluding carboxylic acids is 6. The number of hydrogen-bond donors (Lipinski definition) is 2. The summed E-state index contributed by atoms with van der Waals surface area (Å²) in [6.07, 6.45) is 1.39. The minimum Gasteiger partial charge on any atom is -0.460 e. The molecule has 0 bridgehead atoms. The Morgan fingerprint density at radius 2 is 1.24 bits per heavy atom. The Hall–Kier alpha value is -4.44. The van der Waals surface area contributed by atoms with Crippen LogP contribution in [0, 0.1) is 6.92 Å².